The van der Waals surface area contributed by atoms with Gasteiger partial charge < -0.3 is 15.4 Å². The van der Waals surface area contributed by atoms with Crippen molar-refractivity contribution in [3.05, 3.63) is 0 Å². The number of amides is 1. The molecule has 1 amide bonds. The second-order valence-corrected chi connectivity index (χ2v) is 4.86. The molecule has 4 heteroatoms. The van der Waals surface area contributed by atoms with Crippen molar-refractivity contribution in [2.24, 2.45) is 11.8 Å². The van der Waals surface area contributed by atoms with Crippen LogP contribution in [0.2, 0.25) is 0 Å². The number of hydrogen-bond donors (Lipinski definition) is 2. The maximum atomic E-state index is 12.0. The van der Waals surface area contributed by atoms with Gasteiger partial charge in [0.05, 0.1) is 18.6 Å². The van der Waals surface area contributed by atoms with Crippen LogP contribution in [0.4, 0.5) is 0 Å². The van der Waals surface area contributed by atoms with E-state index < -0.39 is 0 Å². The van der Waals surface area contributed by atoms with Crippen molar-refractivity contribution in [1.29, 1.82) is 0 Å². The summed E-state index contributed by atoms with van der Waals surface area (Å²) in [5.74, 6) is 0.704. The Labute approximate surface area is 98.1 Å². The fourth-order valence-corrected chi connectivity index (χ4v) is 1.96. The average Bonchev–Trinajstić information content (AvgIpc) is 2.29. The monoisotopic (exact) mass is 228 g/mol. The van der Waals surface area contributed by atoms with Crippen LogP contribution in [0.1, 0.15) is 26.7 Å². The summed E-state index contributed by atoms with van der Waals surface area (Å²) < 4.78 is 5.12. The van der Waals surface area contributed by atoms with Crippen LogP contribution in [-0.2, 0) is 9.53 Å². The third-order valence-corrected chi connectivity index (χ3v) is 3.15. The van der Waals surface area contributed by atoms with Gasteiger partial charge in [0.15, 0.2) is 0 Å². The zero-order valence-electron chi connectivity index (χ0n) is 10.6. The summed E-state index contributed by atoms with van der Waals surface area (Å²) in [5.41, 5.74) is 0. The van der Waals surface area contributed by atoms with Crippen molar-refractivity contribution in [3.8, 4) is 0 Å². The first-order chi connectivity index (χ1) is 7.65. The van der Waals surface area contributed by atoms with Gasteiger partial charge in [-0.15, -0.1) is 0 Å². The lowest BCUT2D eigenvalue weighted by atomic mass is 9.97. The van der Waals surface area contributed by atoms with Gasteiger partial charge in [-0.1, -0.05) is 13.8 Å². The fraction of sp³-hybridized carbons (Fsp3) is 0.917. The highest BCUT2D eigenvalue weighted by Gasteiger charge is 2.24. The van der Waals surface area contributed by atoms with Crippen molar-refractivity contribution in [2.75, 3.05) is 26.8 Å². The number of ether oxygens (including phenoxy) is 1. The molecule has 0 aromatic heterocycles. The van der Waals surface area contributed by atoms with Crippen LogP contribution in [0.15, 0.2) is 0 Å². The molecule has 4 nitrogen and oxygen atoms in total. The lowest BCUT2D eigenvalue weighted by molar-refractivity contribution is -0.127. The Kier molecular flexibility index (Phi) is 5.77. The first-order valence-corrected chi connectivity index (χ1v) is 6.15. The molecule has 0 aromatic rings. The molecule has 1 fully saturated rings. The van der Waals surface area contributed by atoms with Crippen molar-refractivity contribution < 1.29 is 9.53 Å². The van der Waals surface area contributed by atoms with E-state index in [-0.39, 0.29) is 17.9 Å². The molecule has 0 spiro atoms. The molecule has 0 radical (unpaired) electrons. The normalized spacial score (nSPS) is 23.1. The number of piperidine rings is 1. The molecule has 0 aliphatic carbocycles. The van der Waals surface area contributed by atoms with Gasteiger partial charge >= 0.3 is 0 Å². The molecule has 1 heterocycles. The summed E-state index contributed by atoms with van der Waals surface area (Å²) in [5, 5.41) is 6.34. The molecular weight excluding hydrogens is 204 g/mol. The van der Waals surface area contributed by atoms with Crippen LogP contribution in [0.5, 0.6) is 0 Å². The third-order valence-electron chi connectivity index (χ3n) is 3.15. The fourth-order valence-electron chi connectivity index (χ4n) is 1.96. The summed E-state index contributed by atoms with van der Waals surface area (Å²) in [7, 11) is 1.67. The third kappa shape index (κ3) is 4.10. The maximum Gasteiger partial charge on any atom is 0.224 e. The number of carbonyl (C=O) groups excluding carboxylic acids is 1. The van der Waals surface area contributed by atoms with Crippen LogP contribution < -0.4 is 10.6 Å². The van der Waals surface area contributed by atoms with E-state index in [9.17, 15) is 4.79 Å². The van der Waals surface area contributed by atoms with Crippen LogP contribution in [0.25, 0.3) is 0 Å². The molecule has 94 valence electrons. The van der Waals surface area contributed by atoms with E-state index in [0.29, 0.717) is 12.5 Å². The van der Waals surface area contributed by atoms with Gasteiger partial charge in [-0.2, -0.15) is 0 Å². The number of carbonyl (C=O) groups is 1. The van der Waals surface area contributed by atoms with Crippen molar-refractivity contribution in [1.82, 2.24) is 10.6 Å². The second kappa shape index (κ2) is 6.86. The molecule has 0 bridgehead atoms. The highest BCUT2D eigenvalue weighted by atomic mass is 16.5. The molecule has 1 aliphatic rings. The highest BCUT2D eigenvalue weighted by Crippen LogP contribution is 2.11. The molecule has 2 N–H and O–H groups in total. The minimum absolute atomic E-state index is 0.124. The zero-order chi connectivity index (χ0) is 12.0. The van der Waals surface area contributed by atoms with Gasteiger partial charge in [-0.25, -0.2) is 0 Å². The number of hydrogen-bond acceptors (Lipinski definition) is 3. The van der Waals surface area contributed by atoms with Crippen molar-refractivity contribution in [3.63, 3.8) is 0 Å². The predicted molar refractivity (Wildman–Crippen MR) is 64.2 cm³/mol. The van der Waals surface area contributed by atoms with E-state index in [2.05, 4.69) is 24.5 Å². The highest BCUT2D eigenvalue weighted by molar-refractivity contribution is 5.79. The average molecular weight is 228 g/mol. The molecular formula is C12H24N2O2. The van der Waals surface area contributed by atoms with Gasteiger partial charge in [0.1, 0.15) is 0 Å². The van der Waals surface area contributed by atoms with Gasteiger partial charge in [-0.05, 0) is 25.3 Å². The zero-order valence-corrected chi connectivity index (χ0v) is 10.6. The second-order valence-electron chi connectivity index (χ2n) is 4.86. The molecule has 1 aliphatic heterocycles. The molecule has 16 heavy (non-hydrogen) atoms. The molecule has 1 saturated heterocycles. The minimum Gasteiger partial charge on any atom is -0.383 e. The van der Waals surface area contributed by atoms with E-state index in [4.69, 9.17) is 4.74 Å². The van der Waals surface area contributed by atoms with Crippen LogP contribution in [0.3, 0.4) is 0 Å². The minimum atomic E-state index is 0.124. The first-order valence-electron chi connectivity index (χ1n) is 6.15. The maximum absolute atomic E-state index is 12.0. The lowest BCUT2D eigenvalue weighted by Gasteiger charge is -2.27. The van der Waals surface area contributed by atoms with Gasteiger partial charge in [-0.3, -0.25) is 4.79 Å². The molecule has 2 atom stereocenters. The van der Waals surface area contributed by atoms with Crippen molar-refractivity contribution >= 4 is 5.91 Å². The predicted octanol–water partition coefficient (Wildman–Crippen LogP) is 0.773. The van der Waals surface area contributed by atoms with Gasteiger partial charge in [0.25, 0.3) is 0 Å². The molecule has 1 rings (SSSR count). The molecule has 0 saturated carbocycles. The van der Waals surface area contributed by atoms with Crippen molar-refractivity contribution in [2.45, 2.75) is 32.7 Å². The largest absolute Gasteiger partial charge is 0.383 e. The quantitative estimate of drug-likeness (QED) is 0.731. The Morgan fingerprint density at radius 1 is 1.56 bits per heavy atom. The standard InChI is InChI=1S/C12H24N2O2/c1-9(2)11(8-16-3)14-12(15)10-5-4-6-13-7-10/h9-11,13H,4-8H2,1-3H3,(H,14,15). The Morgan fingerprint density at radius 2 is 2.31 bits per heavy atom. The Hall–Kier alpha value is -0.610. The number of methoxy groups -OCH3 is 1. The van der Waals surface area contributed by atoms with E-state index in [1.165, 1.54) is 0 Å². The Morgan fingerprint density at radius 3 is 2.81 bits per heavy atom. The van der Waals surface area contributed by atoms with E-state index in [1.807, 2.05) is 0 Å². The van der Waals surface area contributed by atoms with Gasteiger partial charge in [0.2, 0.25) is 5.91 Å². The Balaban J connectivity index is 2.40. The summed E-state index contributed by atoms with van der Waals surface area (Å²) in [4.78, 5) is 12.0. The van der Waals surface area contributed by atoms with Gasteiger partial charge in [0, 0.05) is 13.7 Å². The summed E-state index contributed by atoms with van der Waals surface area (Å²) in [6, 6.07) is 0.124. The van der Waals surface area contributed by atoms with Crippen LogP contribution >= 0.6 is 0 Å². The molecule has 0 aromatic carbocycles. The lowest BCUT2D eigenvalue weighted by Crippen LogP contribution is -2.47. The number of rotatable bonds is 5. The van der Waals surface area contributed by atoms with Crippen LogP contribution in [0, 0.1) is 11.8 Å². The van der Waals surface area contributed by atoms with E-state index in [0.717, 1.165) is 25.9 Å². The Bertz CT molecular complexity index is 213. The van der Waals surface area contributed by atoms with E-state index >= 15 is 0 Å². The van der Waals surface area contributed by atoms with E-state index in [1.54, 1.807) is 7.11 Å². The molecule has 2 unspecified atom stereocenters. The summed E-state index contributed by atoms with van der Waals surface area (Å²) >= 11 is 0. The number of nitrogens with one attached hydrogen (secondary N) is 2. The smallest absolute Gasteiger partial charge is 0.224 e. The topological polar surface area (TPSA) is 50.4 Å². The van der Waals surface area contributed by atoms with Crippen LogP contribution in [-0.4, -0.2) is 38.8 Å². The summed E-state index contributed by atoms with van der Waals surface area (Å²) in [6.45, 7) is 6.63. The summed E-state index contributed by atoms with van der Waals surface area (Å²) in [6.07, 6.45) is 2.09. The SMILES string of the molecule is COCC(NC(=O)C1CCCNC1)C(C)C. The first kappa shape index (κ1) is 13.5.